The number of morpholine rings is 1. The molecule has 0 unspecified atom stereocenters. The topological polar surface area (TPSA) is 160 Å². The Kier molecular flexibility index (Phi) is 13.6. The third-order valence-electron chi connectivity index (χ3n) is 12.0. The van der Waals surface area contributed by atoms with Crippen LogP contribution in [0.25, 0.3) is 16.5 Å². The van der Waals surface area contributed by atoms with Crippen LogP contribution in [0.3, 0.4) is 0 Å². The van der Waals surface area contributed by atoms with Gasteiger partial charge in [0.25, 0.3) is 15.9 Å². The van der Waals surface area contributed by atoms with Gasteiger partial charge in [0.15, 0.2) is 5.75 Å². The predicted molar refractivity (Wildman–Crippen MR) is 248 cm³/mol. The molecule has 0 radical (unpaired) electrons. The molecule has 0 saturated carbocycles. The lowest BCUT2D eigenvalue weighted by molar-refractivity contribution is -0.386. The molecular formula is C48H51ClN6O8S. The number of carbonyl (C=O) groups excluding carboxylic acids is 1. The maximum Gasteiger partial charge on any atom is 0.312 e. The van der Waals surface area contributed by atoms with Crippen LogP contribution < -0.4 is 19.1 Å². The Morgan fingerprint density at radius 3 is 2.47 bits per heavy atom. The number of fused-ring (bicyclic) bond motifs is 1. The van der Waals surface area contributed by atoms with E-state index in [4.69, 9.17) is 25.8 Å². The maximum absolute atomic E-state index is 13.9. The average Bonchev–Trinajstić information content (AvgIpc) is 3.76. The van der Waals surface area contributed by atoms with Crippen molar-refractivity contribution in [3.05, 3.63) is 123 Å². The van der Waals surface area contributed by atoms with Crippen molar-refractivity contribution in [3.63, 3.8) is 0 Å². The summed E-state index contributed by atoms with van der Waals surface area (Å²) in [6.45, 7) is 11.8. The van der Waals surface area contributed by atoms with Gasteiger partial charge in [-0.05, 0) is 96.5 Å². The summed E-state index contributed by atoms with van der Waals surface area (Å²) in [6.07, 6.45) is 5.00. The molecule has 5 aromatic rings. The van der Waals surface area contributed by atoms with E-state index < -0.39 is 31.4 Å². The second kappa shape index (κ2) is 19.5. The average molecular weight is 907 g/mol. The molecule has 334 valence electrons. The molecule has 0 spiro atoms. The number of halogens is 1. The van der Waals surface area contributed by atoms with Crippen molar-refractivity contribution in [1.29, 1.82) is 0 Å². The summed E-state index contributed by atoms with van der Waals surface area (Å²) < 4.78 is 46.7. The fourth-order valence-corrected chi connectivity index (χ4v) is 9.47. The number of rotatable bonds is 13. The first-order valence-electron chi connectivity index (χ1n) is 21.4. The Morgan fingerprint density at radius 2 is 1.70 bits per heavy atom. The van der Waals surface area contributed by atoms with Crippen molar-refractivity contribution in [2.45, 2.75) is 38.0 Å². The van der Waals surface area contributed by atoms with Gasteiger partial charge in [-0.1, -0.05) is 55.0 Å². The molecule has 4 aromatic carbocycles. The minimum Gasteiger partial charge on any atom is -0.474 e. The molecule has 2 N–H and O–H groups in total. The van der Waals surface area contributed by atoms with Crippen molar-refractivity contribution < 1.29 is 32.3 Å². The van der Waals surface area contributed by atoms with E-state index >= 15 is 0 Å². The molecule has 16 heteroatoms. The molecule has 3 aliphatic rings. The summed E-state index contributed by atoms with van der Waals surface area (Å²) >= 11 is 6.24. The van der Waals surface area contributed by atoms with Crippen LogP contribution in [0.2, 0.25) is 5.02 Å². The van der Waals surface area contributed by atoms with E-state index in [9.17, 15) is 23.3 Å². The predicted octanol–water partition coefficient (Wildman–Crippen LogP) is 8.14. The van der Waals surface area contributed by atoms with Gasteiger partial charge >= 0.3 is 5.69 Å². The van der Waals surface area contributed by atoms with Gasteiger partial charge in [-0.2, -0.15) is 0 Å². The Hall–Kier alpha value is -5.89. The van der Waals surface area contributed by atoms with Crippen LogP contribution in [-0.2, 0) is 14.8 Å². The largest absolute Gasteiger partial charge is 0.474 e. The van der Waals surface area contributed by atoms with E-state index in [-0.39, 0.29) is 29.1 Å². The number of sulfonamides is 1. The third-order valence-corrected chi connectivity index (χ3v) is 13.6. The number of carbonyl (C=O) groups is 1. The summed E-state index contributed by atoms with van der Waals surface area (Å²) in [5, 5.41) is 13.7. The first-order chi connectivity index (χ1) is 30.8. The summed E-state index contributed by atoms with van der Waals surface area (Å²) in [7, 11) is -4.60. The summed E-state index contributed by atoms with van der Waals surface area (Å²) in [6, 6.07) is 23.8. The number of amides is 1. The van der Waals surface area contributed by atoms with Crippen LogP contribution in [0.5, 0.6) is 17.2 Å². The zero-order valence-electron chi connectivity index (χ0n) is 35.9. The van der Waals surface area contributed by atoms with Crippen molar-refractivity contribution in [1.82, 2.24) is 19.5 Å². The molecule has 0 atom stereocenters. The van der Waals surface area contributed by atoms with Gasteiger partial charge in [-0.3, -0.25) is 24.7 Å². The summed E-state index contributed by atoms with van der Waals surface area (Å²) in [5.41, 5.74) is 5.42. The second-order valence-electron chi connectivity index (χ2n) is 17.1. The smallest absolute Gasteiger partial charge is 0.312 e. The molecule has 3 heterocycles. The highest BCUT2D eigenvalue weighted by Crippen LogP contribution is 2.43. The molecule has 1 amide bonds. The maximum atomic E-state index is 13.9. The monoisotopic (exact) mass is 906 g/mol. The Bertz CT molecular complexity index is 2730. The molecule has 2 aliphatic heterocycles. The molecule has 1 aromatic heterocycles. The van der Waals surface area contributed by atoms with E-state index in [1.807, 2.05) is 36.5 Å². The van der Waals surface area contributed by atoms with Crippen molar-refractivity contribution in [2.24, 2.45) is 5.41 Å². The van der Waals surface area contributed by atoms with Crippen LogP contribution in [0.15, 0.2) is 102 Å². The molecule has 14 nitrogen and oxygen atoms in total. The number of nitro benzene ring substituents is 1. The van der Waals surface area contributed by atoms with Crippen LogP contribution in [0.4, 0.5) is 11.4 Å². The number of H-pyrrole nitrogens is 1. The highest BCUT2D eigenvalue weighted by atomic mass is 35.5. The number of nitro groups is 1. The third kappa shape index (κ3) is 10.9. The Labute approximate surface area is 378 Å². The number of ether oxygens (including phenoxy) is 3. The number of benzene rings is 4. The lowest BCUT2D eigenvalue weighted by atomic mass is 9.72. The quantitative estimate of drug-likeness (QED) is 0.0667. The molecule has 0 bridgehead atoms. The van der Waals surface area contributed by atoms with E-state index in [1.165, 1.54) is 22.8 Å². The molecule has 2 saturated heterocycles. The second-order valence-corrected chi connectivity index (χ2v) is 19.2. The number of hydrogen-bond donors (Lipinski definition) is 2. The van der Waals surface area contributed by atoms with Crippen LogP contribution in [0.1, 0.15) is 49.0 Å². The minimum atomic E-state index is -4.60. The van der Waals surface area contributed by atoms with Gasteiger partial charge in [0.05, 0.1) is 35.1 Å². The van der Waals surface area contributed by atoms with Crippen molar-refractivity contribution in [3.8, 4) is 29.1 Å². The van der Waals surface area contributed by atoms with Crippen molar-refractivity contribution in [2.75, 3.05) is 77.1 Å². The summed E-state index contributed by atoms with van der Waals surface area (Å²) in [5.74, 6) is 5.30. The molecule has 1 aliphatic carbocycles. The van der Waals surface area contributed by atoms with E-state index in [2.05, 4.69) is 62.2 Å². The molecular weight excluding hydrogens is 856 g/mol. The normalized spacial score (nSPS) is 17.1. The fourth-order valence-electron chi connectivity index (χ4n) is 8.36. The lowest BCUT2D eigenvalue weighted by Crippen LogP contribution is -2.47. The number of anilines is 1. The van der Waals surface area contributed by atoms with E-state index in [1.54, 1.807) is 24.3 Å². The number of hydrogen-bond acceptors (Lipinski definition) is 11. The SMILES string of the molecule is CC1(C)CCC(CN2CCN(c3ccc(C(=O)NS(=O)(=O)c4ccc(OCC#CCN5CCOCC5)c([N+](=O)[O-])c4)c(Oc4ccc5[nH]ccc5c4)c3)CC2)=C(c2ccc(Cl)cc2)C1. The lowest BCUT2D eigenvalue weighted by Gasteiger charge is -2.39. The van der Waals surface area contributed by atoms with Gasteiger partial charge in [0.2, 0.25) is 0 Å². The zero-order chi connectivity index (χ0) is 44.8. The molecule has 8 rings (SSSR count). The highest BCUT2D eigenvalue weighted by molar-refractivity contribution is 7.90. The van der Waals surface area contributed by atoms with Crippen molar-refractivity contribution >= 4 is 55.4 Å². The number of aromatic nitrogens is 1. The first kappa shape index (κ1) is 44.7. The molecule has 64 heavy (non-hydrogen) atoms. The minimum absolute atomic E-state index is 0.0351. The van der Waals surface area contributed by atoms with Gasteiger partial charge in [0, 0.05) is 85.8 Å². The van der Waals surface area contributed by atoms with Crippen LogP contribution in [0, 0.1) is 27.4 Å². The number of piperazine rings is 1. The first-order valence-corrected chi connectivity index (χ1v) is 23.2. The highest BCUT2D eigenvalue weighted by Gasteiger charge is 2.30. The summed E-state index contributed by atoms with van der Waals surface area (Å²) in [4.78, 5) is 34.7. The van der Waals surface area contributed by atoms with Gasteiger partial charge in [-0.15, -0.1) is 0 Å². The standard InChI is InChI=1S/C48H51ClN6O8S/c1-48(2)17-15-36(42(32-48)34-5-7-37(49)8-6-34)33-53-20-22-54(23-21-53)38-9-12-41(46(30-38)63-39-10-13-43-35(29-39)16-18-50-43)47(56)51-64(59,60)40-11-14-45(44(31-40)55(57)58)62-26-4-3-19-52-24-27-61-28-25-52/h5-14,16,18,29-31,50H,15,17,19-28,32-33H2,1-2H3,(H,51,56). The fraction of sp³-hybridized carbons (Fsp3) is 0.354. The number of nitrogens with one attached hydrogen (secondary N) is 2. The van der Waals surface area contributed by atoms with Gasteiger partial charge in [0.1, 0.15) is 18.1 Å². The number of nitrogens with zero attached hydrogens (tertiary/aromatic N) is 4. The van der Waals surface area contributed by atoms with E-state index in [0.717, 1.165) is 98.8 Å². The molecule has 2 fully saturated rings. The Morgan fingerprint density at radius 1 is 0.922 bits per heavy atom. The van der Waals surface area contributed by atoms with Crippen LogP contribution >= 0.6 is 11.6 Å². The number of aromatic amines is 1. The van der Waals surface area contributed by atoms with Gasteiger partial charge < -0.3 is 24.1 Å². The zero-order valence-corrected chi connectivity index (χ0v) is 37.5. The number of allylic oxidation sites excluding steroid dienone is 1. The van der Waals surface area contributed by atoms with Gasteiger partial charge in [-0.25, -0.2) is 13.1 Å². The van der Waals surface area contributed by atoms with Crippen LogP contribution in [-0.4, -0.2) is 106 Å². The Balaban J connectivity index is 0.980. The van der Waals surface area contributed by atoms with E-state index in [0.29, 0.717) is 25.5 Å².